The van der Waals surface area contributed by atoms with Crippen LogP contribution < -0.4 is 10.6 Å². The molecule has 0 bridgehead atoms. The van der Waals surface area contributed by atoms with E-state index in [9.17, 15) is 4.79 Å². The second-order valence-electron chi connectivity index (χ2n) is 4.96. The topological polar surface area (TPSA) is 41.1 Å². The van der Waals surface area contributed by atoms with Crippen LogP contribution in [0.4, 0.5) is 0 Å². The maximum atomic E-state index is 11.5. The molecule has 0 saturated carbocycles. The number of hydrogen-bond acceptors (Lipinski definition) is 3. The van der Waals surface area contributed by atoms with Crippen LogP contribution in [-0.2, 0) is 11.3 Å². The number of hydrogen-bond donors (Lipinski definition) is 2. The molecule has 2 N–H and O–H groups in total. The summed E-state index contributed by atoms with van der Waals surface area (Å²) in [5.41, 5.74) is -0.154. The molecule has 1 amide bonds. The number of halogens is 1. The van der Waals surface area contributed by atoms with Gasteiger partial charge in [0, 0.05) is 35.3 Å². The van der Waals surface area contributed by atoms with Crippen LogP contribution in [0.2, 0.25) is 5.02 Å². The van der Waals surface area contributed by atoms with Gasteiger partial charge in [0.1, 0.15) is 0 Å². The van der Waals surface area contributed by atoms with Crippen molar-refractivity contribution in [2.45, 2.75) is 39.3 Å². The maximum absolute atomic E-state index is 11.5. The number of thiophene rings is 1. The van der Waals surface area contributed by atoms with Crippen molar-refractivity contribution in [3.63, 3.8) is 0 Å². The third-order valence-electron chi connectivity index (χ3n) is 1.96. The van der Waals surface area contributed by atoms with E-state index in [0.29, 0.717) is 13.0 Å². The lowest BCUT2D eigenvalue weighted by Crippen LogP contribution is -2.41. The summed E-state index contributed by atoms with van der Waals surface area (Å²) < 4.78 is 0. The van der Waals surface area contributed by atoms with E-state index in [4.69, 9.17) is 11.6 Å². The molecule has 0 saturated heterocycles. The second kappa shape index (κ2) is 6.38. The number of nitrogens with one attached hydrogen (secondary N) is 2. The van der Waals surface area contributed by atoms with Crippen molar-refractivity contribution in [2.24, 2.45) is 0 Å². The Kier molecular flexibility index (Phi) is 5.43. The molecule has 0 aliphatic heterocycles. The zero-order valence-electron chi connectivity index (χ0n) is 10.5. The first-order chi connectivity index (χ1) is 7.87. The lowest BCUT2D eigenvalue weighted by Gasteiger charge is -2.20. The van der Waals surface area contributed by atoms with E-state index in [2.05, 4.69) is 10.6 Å². The Morgan fingerprint density at radius 3 is 2.71 bits per heavy atom. The summed E-state index contributed by atoms with van der Waals surface area (Å²) >= 11 is 7.44. The minimum absolute atomic E-state index is 0.0780. The Balaban J connectivity index is 2.14. The third kappa shape index (κ3) is 6.66. The SMILES string of the molecule is CC(C)(C)NC(=O)CCNCc1cc(Cl)cs1. The highest BCUT2D eigenvalue weighted by Gasteiger charge is 2.12. The number of rotatable bonds is 5. The molecule has 5 heteroatoms. The van der Waals surface area contributed by atoms with E-state index >= 15 is 0 Å². The van der Waals surface area contributed by atoms with Crippen LogP contribution in [0, 0.1) is 0 Å². The minimum Gasteiger partial charge on any atom is -0.351 e. The fourth-order valence-electron chi connectivity index (χ4n) is 1.34. The van der Waals surface area contributed by atoms with Crippen molar-refractivity contribution in [3.05, 3.63) is 21.3 Å². The molecule has 0 fully saturated rings. The number of amides is 1. The molecule has 3 nitrogen and oxygen atoms in total. The highest BCUT2D eigenvalue weighted by molar-refractivity contribution is 7.10. The number of carbonyl (C=O) groups excluding carboxylic acids is 1. The predicted molar refractivity (Wildman–Crippen MR) is 73.5 cm³/mol. The van der Waals surface area contributed by atoms with Crippen LogP contribution in [0.1, 0.15) is 32.1 Å². The molecular formula is C12H19ClN2OS. The van der Waals surface area contributed by atoms with E-state index < -0.39 is 0 Å². The Labute approximate surface area is 112 Å². The summed E-state index contributed by atoms with van der Waals surface area (Å²) in [4.78, 5) is 12.7. The van der Waals surface area contributed by atoms with Crippen LogP contribution in [0.5, 0.6) is 0 Å². The van der Waals surface area contributed by atoms with Gasteiger partial charge in [0.2, 0.25) is 5.91 Å². The Hall–Kier alpha value is -0.580. The Bertz CT molecular complexity index is 371. The first kappa shape index (κ1) is 14.5. The molecule has 1 heterocycles. The summed E-state index contributed by atoms with van der Waals surface area (Å²) in [5.74, 6) is 0.0780. The van der Waals surface area contributed by atoms with E-state index in [1.165, 1.54) is 4.88 Å². The van der Waals surface area contributed by atoms with Crippen molar-refractivity contribution in [1.82, 2.24) is 10.6 Å². The summed E-state index contributed by atoms with van der Waals surface area (Å²) in [6, 6.07) is 1.94. The van der Waals surface area contributed by atoms with Gasteiger partial charge >= 0.3 is 0 Å². The molecule has 0 radical (unpaired) electrons. The molecule has 96 valence electrons. The van der Waals surface area contributed by atoms with Crippen molar-refractivity contribution in [2.75, 3.05) is 6.54 Å². The number of carbonyl (C=O) groups is 1. The zero-order valence-corrected chi connectivity index (χ0v) is 12.0. The predicted octanol–water partition coefficient (Wildman–Crippen LogP) is 2.80. The zero-order chi connectivity index (χ0) is 12.9. The van der Waals surface area contributed by atoms with Crippen LogP contribution >= 0.6 is 22.9 Å². The first-order valence-corrected chi connectivity index (χ1v) is 6.87. The van der Waals surface area contributed by atoms with Gasteiger partial charge in [-0.15, -0.1) is 11.3 Å². The summed E-state index contributed by atoms with van der Waals surface area (Å²) in [7, 11) is 0. The molecule has 17 heavy (non-hydrogen) atoms. The molecular weight excluding hydrogens is 256 g/mol. The highest BCUT2D eigenvalue weighted by Crippen LogP contribution is 2.18. The van der Waals surface area contributed by atoms with Crippen LogP contribution in [0.25, 0.3) is 0 Å². The van der Waals surface area contributed by atoms with Gasteiger partial charge in [-0.1, -0.05) is 11.6 Å². The molecule has 0 spiro atoms. The molecule has 0 aromatic carbocycles. The smallest absolute Gasteiger partial charge is 0.221 e. The lowest BCUT2D eigenvalue weighted by molar-refractivity contribution is -0.122. The van der Waals surface area contributed by atoms with Crippen LogP contribution in [-0.4, -0.2) is 18.0 Å². The van der Waals surface area contributed by atoms with E-state index in [-0.39, 0.29) is 11.4 Å². The summed E-state index contributed by atoms with van der Waals surface area (Å²) in [6.07, 6.45) is 0.496. The molecule has 1 rings (SSSR count). The minimum atomic E-state index is -0.154. The molecule has 0 aliphatic carbocycles. The quantitative estimate of drug-likeness (QED) is 0.811. The van der Waals surface area contributed by atoms with Gasteiger partial charge in [-0.2, -0.15) is 0 Å². The van der Waals surface area contributed by atoms with Gasteiger partial charge in [-0.3, -0.25) is 4.79 Å². The highest BCUT2D eigenvalue weighted by atomic mass is 35.5. The lowest BCUT2D eigenvalue weighted by atomic mass is 10.1. The second-order valence-corrected chi connectivity index (χ2v) is 6.39. The van der Waals surface area contributed by atoms with Crippen molar-refractivity contribution >= 4 is 28.8 Å². The maximum Gasteiger partial charge on any atom is 0.221 e. The van der Waals surface area contributed by atoms with Gasteiger partial charge in [0.25, 0.3) is 0 Å². The monoisotopic (exact) mass is 274 g/mol. The average Bonchev–Trinajstić information content (AvgIpc) is 2.56. The molecule has 0 unspecified atom stereocenters. The van der Waals surface area contributed by atoms with Gasteiger partial charge < -0.3 is 10.6 Å². The normalized spacial score (nSPS) is 11.5. The van der Waals surface area contributed by atoms with Crippen molar-refractivity contribution in [1.29, 1.82) is 0 Å². The third-order valence-corrected chi connectivity index (χ3v) is 3.25. The fourth-order valence-corrected chi connectivity index (χ4v) is 2.38. The first-order valence-electron chi connectivity index (χ1n) is 5.61. The molecule has 1 aromatic heterocycles. The van der Waals surface area contributed by atoms with Crippen LogP contribution in [0.3, 0.4) is 0 Å². The van der Waals surface area contributed by atoms with E-state index in [1.54, 1.807) is 11.3 Å². The van der Waals surface area contributed by atoms with Crippen LogP contribution in [0.15, 0.2) is 11.4 Å². The Morgan fingerprint density at radius 1 is 1.47 bits per heavy atom. The molecule has 0 atom stereocenters. The van der Waals surface area contributed by atoms with Crippen molar-refractivity contribution < 1.29 is 4.79 Å². The molecule has 0 aliphatic rings. The summed E-state index contributed by atoms with van der Waals surface area (Å²) in [6.45, 7) is 7.38. The van der Waals surface area contributed by atoms with E-state index in [1.807, 2.05) is 32.2 Å². The van der Waals surface area contributed by atoms with Crippen molar-refractivity contribution in [3.8, 4) is 0 Å². The van der Waals surface area contributed by atoms with Gasteiger partial charge in [0.15, 0.2) is 0 Å². The Morgan fingerprint density at radius 2 is 2.18 bits per heavy atom. The van der Waals surface area contributed by atoms with E-state index in [0.717, 1.165) is 11.6 Å². The fraction of sp³-hybridized carbons (Fsp3) is 0.583. The van der Waals surface area contributed by atoms with Gasteiger partial charge in [-0.25, -0.2) is 0 Å². The van der Waals surface area contributed by atoms with Gasteiger partial charge in [-0.05, 0) is 26.8 Å². The van der Waals surface area contributed by atoms with Gasteiger partial charge in [0.05, 0.1) is 5.02 Å². The molecule has 1 aromatic rings. The average molecular weight is 275 g/mol. The summed E-state index contributed by atoms with van der Waals surface area (Å²) in [5, 5.41) is 8.83. The largest absolute Gasteiger partial charge is 0.351 e. The standard InChI is InChI=1S/C12H19ClN2OS/c1-12(2,3)15-11(16)4-5-14-7-10-6-9(13)8-17-10/h6,8,14H,4-5,7H2,1-3H3,(H,15,16).